The van der Waals surface area contributed by atoms with Crippen molar-refractivity contribution in [2.75, 3.05) is 0 Å². The highest BCUT2D eigenvalue weighted by atomic mass is 16.1. The molecule has 0 aliphatic heterocycles. The molecule has 1 aliphatic rings. The molecule has 112 valence electrons. The number of hydrogen-bond donors (Lipinski definition) is 1. The lowest BCUT2D eigenvalue weighted by Gasteiger charge is -2.13. The van der Waals surface area contributed by atoms with Gasteiger partial charge in [-0.3, -0.25) is 4.79 Å². The van der Waals surface area contributed by atoms with Gasteiger partial charge in [-0.25, -0.2) is 4.98 Å². The van der Waals surface area contributed by atoms with Crippen LogP contribution in [0.3, 0.4) is 0 Å². The van der Waals surface area contributed by atoms with E-state index < -0.39 is 0 Å². The van der Waals surface area contributed by atoms with Crippen molar-refractivity contribution < 1.29 is 4.79 Å². The first kappa shape index (κ1) is 14.1. The van der Waals surface area contributed by atoms with Crippen LogP contribution in [0.1, 0.15) is 62.4 Å². The van der Waals surface area contributed by atoms with E-state index in [4.69, 9.17) is 0 Å². The van der Waals surface area contributed by atoms with Crippen LogP contribution >= 0.6 is 0 Å². The Kier molecular flexibility index (Phi) is 3.95. The first-order valence-electron chi connectivity index (χ1n) is 7.96. The highest BCUT2D eigenvalue weighted by Crippen LogP contribution is 2.32. The first-order valence-corrected chi connectivity index (χ1v) is 7.96. The molecule has 4 nitrogen and oxygen atoms in total. The van der Waals surface area contributed by atoms with Crippen molar-refractivity contribution in [1.82, 2.24) is 14.9 Å². The monoisotopic (exact) mass is 285 g/mol. The predicted molar refractivity (Wildman–Crippen MR) is 84.5 cm³/mol. The molecule has 0 saturated heterocycles. The summed E-state index contributed by atoms with van der Waals surface area (Å²) in [5.74, 6) is -0.0123. The van der Waals surface area contributed by atoms with Gasteiger partial charge in [-0.15, -0.1) is 0 Å². The fourth-order valence-electron chi connectivity index (χ4n) is 3.06. The minimum Gasteiger partial charge on any atom is -0.350 e. The van der Waals surface area contributed by atoms with Crippen LogP contribution in [-0.4, -0.2) is 21.5 Å². The Morgan fingerprint density at radius 1 is 1.43 bits per heavy atom. The summed E-state index contributed by atoms with van der Waals surface area (Å²) in [5.41, 5.74) is 2.75. The van der Waals surface area contributed by atoms with Crippen molar-refractivity contribution in [2.45, 2.75) is 58.0 Å². The molecule has 3 rings (SSSR count). The van der Waals surface area contributed by atoms with E-state index in [9.17, 15) is 4.79 Å². The molecular weight excluding hydrogens is 262 g/mol. The molecule has 1 atom stereocenters. The van der Waals surface area contributed by atoms with E-state index in [1.54, 1.807) is 0 Å². The van der Waals surface area contributed by atoms with Crippen LogP contribution in [-0.2, 0) is 0 Å². The molecule has 0 spiro atoms. The van der Waals surface area contributed by atoms with Gasteiger partial charge in [0.25, 0.3) is 5.91 Å². The van der Waals surface area contributed by atoms with Crippen molar-refractivity contribution in [3.63, 3.8) is 0 Å². The molecule has 0 bridgehead atoms. The third-order valence-electron chi connectivity index (χ3n) is 4.54. The smallest absolute Gasteiger partial charge is 0.251 e. The van der Waals surface area contributed by atoms with E-state index in [1.807, 2.05) is 31.5 Å². The third-order valence-corrected chi connectivity index (χ3v) is 4.54. The summed E-state index contributed by atoms with van der Waals surface area (Å²) in [4.78, 5) is 16.7. The van der Waals surface area contributed by atoms with Gasteiger partial charge >= 0.3 is 0 Å². The van der Waals surface area contributed by atoms with Crippen molar-refractivity contribution >= 4 is 16.9 Å². The van der Waals surface area contributed by atoms with Gasteiger partial charge in [0.1, 0.15) is 0 Å². The highest BCUT2D eigenvalue weighted by molar-refractivity contribution is 5.97. The van der Waals surface area contributed by atoms with E-state index in [-0.39, 0.29) is 11.9 Å². The van der Waals surface area contributed by atoms with Gasteiger partial charge in [-0.05, 0) is 44.4 Å². The number of hydrogen-bond acceptors (Lipinski definition) is 2. The number of nitrogens with zero attached hydrogens (tertiary/aromatic N) is 2. The molecule has 1 amide bonds. The zero-order chi connectivity index (χ0) is 14.8. The fourth-order valence-corrected chi connectivity index (χ4v) is 3.06. The number of rotatable bonds is 4. The molecule has 21 heavy (non-hydrogen) atoms. The van der Waals surface area contributed by atoms with E-state index in [0.717, 1.165) is 17.5 Å². The summed E-state index contributed by atoms with van der Waals surface area (Å²) in [5, 5.41) is 3.00. The molecule has 1 aliphatic carbocycles. The molecule has 1 heterocycles. The van der Waals surface area contributed by atoms with Crippen LogP contribution in [0, 0.1) is 0 Å². The minimum atomic E-state index is -0.0123. The predicted octanol–water partition coefficient (Wildman–Crippen LogP) is 3.68. The lowest BCUT2D eigenvalue weighted by Crippen LogP contribution is -2.31. The van der Waals surface area contributed by atoms with Crippen LogP contribution in [0.25, 0.3) is 11.0 Å². The summed E-state index contributed by atoms with van der Waals surface area (Å²) in [6.45, 7) is 4.09. The molecule has 1 aromatic heterocycles. The highest BCUT2D eigenvalue weighted by Gasteiger charge is 2.19. The van der Waals surface area contributed by atoms with Crippen molar-refractivity contribution in [1.29, 1.82) is 0 Å². The molecule has 1 fully saturated rings. The van der Waals surface area contributed by atoms with Crippen molar-refractivity contribution in [3.8, 4) is 0 Å². The maximum absolute atomic E-state index is 12.2. The second-order valence-corrected chi connectivity index (χ2v) is 6.08. The third kappa shape index (κ3) is 2.80. The Labute approximate surface area is 125 Å². The largest absolute Gasteiger partial charge is 0.350 e. The Balaban J connectivity index is 1.86. The maximum atomic E-state index is 12.2. The summed E-state index contributed by atoms with van der Waals surface area (Å²) >= 11 is 0. The van der Waals surface area contributed by atoms with Crippen LogP contribution in [0.4, 0.5) is 0 Å². The summed E-state index contributed by atoms with van der Waals surface area (Å²) in [7, 11) is 0. The zero-order valence-electron chi connectivity index (χ0n) is 12.8. The quantitative estimate of drug-likeness (QED) is 0.931. The van der Waals surface area contributed by atoms with Gasteiger partial charge in [0, 0.05) is 17.6 Å². The summed E-state index contributed by atoms with van der Waals surface area (Å²) < 4.78 is 2.28. The Morgan fingerprint density at radius 3 is 2.90 bits per heavy atom. The summed E-state index contributed by atoms with van der Waals surface area (Å²) in [6, 6.07) is 6.62. The molecule has 1 N–H and O–H groups in total. The Hall–Kier alpha value is -1.84. The van der Waals surface area contributed by atoms with Crippen LogP contribution in [0.5, 0.6) is 0 Å². The van der Waals surface area contributed by atoms with Crippen LogP contribution < -0.4 is 5.32 Å². The van der Waals surface area contributed by atoms with Gasteiger partial charge in [0.15, 0.2) is 0 Å². The minimum absolute atomic E-state index is 0.0123. The molecule has 2 aromatic rings. The lowest BCUT2D eigenvalue weighted by molar-refractivity contribution is 0.0939. The van der Waals surface area contributed by atoms with Crippen LogP contribution in [0.15, 0.2) is 24.5 Å². The first-order chi connectivity index (χ1) is 10.2. The van der Waals surface area contributed by atoms with Gasteiger partial charge in [0.2, 0.25) is 0 Å². The zero-order valence-corrected chi connectivity index (χ0v) is 12.8. The number of benzene rings is 1. The Bertz CT molecular complexity index is 641. The average molecular weight is 285 g/mol. The van der Waals surface area contributed by atoms with Crippen molar-refractivity contribution in [3.05, 3.63) is 30.1 Å². The van der Waals surface area contributed by atoms with Gasteiger partial charge in [-0.2, -0.15) is 0 Å². The molecule has 4 heteroatoms. The van der Waals surface area contributed by atoms with Crippen molar-refractivity contribution in [2.24, 2.45) is 0 Å². The number of carbonyl (C=O) groups is 1. The van der Waals surface area contributed by atoms with Gasteiger partial charge in [-0.1, -0.05) is 19.8 Å². The Morgan fingerprint density at radius 2 is 2.19 bits per heavy atom. The number of amides is 1. The SMILES string of the molecule is CCC(C)NC(=O)c1ccc2c(c1)ncn2C1CCCC1. The fraction of sp³-hybridized carbons (Fsp3) is 0.529. The lowest BCUT2D eigenvalue weighted by atomic mass is 10.1. The second-order valence-electron chi connectivity index (χ2n) is 6.08. The number of imidazole rings is 1. The number of aromatic nitrogens is 2. The number of carbonyl (C=O) groups excluding carboxylic acids is 1. The van der Waals surface area contributed by atoms with Gasteiger partial charge < -0.3 is 9.88 Å². The van der Waals surface area contributed by atoms with E-state index in [2.05, 4.69) is 21.8 Å². The normalized spacial score (nSPS) is 17.2. The molecule has 0 radical (unpaired) electrons. The standard InChI is InChI=1S/C17H23N3O/c1-3-12(2)19-17(21)13-8-9-16-15(10-13)18-11-20(16)14-6-4-5-7-14/h8-12,14H,3-7H2,1-2H3,(H,19,21). The summed E-state index contributed by atoms with van der Waals surface area (Å²) in [6.07, 6.45) is 7.95. The van der Waals surface area contributed by atoms with E-state index in [0.29, 0.717) is 11.6 Å². The molecule has 1 aromatic carbocycles. The van der Waals surface area contributed by atoms with Gasteiger partial charge in [0.05, 0.1) is 17.4 Å². The van der Waals surface area contributed by atoms with Crippen LogP contribution in [0.2, 0.25) is 0 Å². The number of nitrogens with one attached hydrogen (secondary N) is 1. The molecular formula is C17H23N3O. The number of fused-ring (bicyclic) bond motifs is 1. The second kappa shape index (κ2) is 5.88. The molecule has 1 saturated carbocycles. The topological polar surface area (TPSA) is 46.9 Å². The average Bonchev–Trinajstić information content (AvgIpc) is 3.14. The molecule has 1 unspecified atom stereocenters. The van der Waals surface area contributed by atoms with E-state index in [1.165, 1.54) is 25.7 Å². The van der Waals surface area contributed by atoms with E-state index >= 15 is 0 Å². The maximum Gasteiger partial charge on any atom is 0.251 e.